The van der Waals surface area contributed by atoms with Crippen LogP contribution in [0.2, 0.25) is 0 Å². The molecule has 26 heavy (non-hydrogen) atoms. The van der Waals surface area contributed by atoms with Gasteiger partial charge in [-0.1, -0.05) is 44.2 Å². The number of amides is 1. The van der Waals surface area contributed by atoms with Gasteiger partial charge in [0.05, 0.1) is 12.8 Å². The second-order valence-corrected chi connectivity index (χ2v) is 7.92. The SMILES string of the molecule is COCc1nn2c(=O)c(NC(=O)c3ccc(C(C)(C)C)cc3)cnc2s1. The third-order valence-electron chi connectivity index (χ3n) is 3.86. The lowest BCUT2D eigenvalue weighted by molar-refractivity contribution is 0.102. The fourth-order valence-corrected chi connectivity index (χ4v) is 3.23. The van der Waals surface area contributed by atoms with Crippen molar-refractivity contribution < 1.29 is 9.53 Å². The van der Waals surface area contributed by atoms with Gasteiger partial charge < -0.3 is 10.1 Å². The van der Waals surface area contributed by atoms with E-state index < -0.39 is 5.56 Å². The van der Waals surface area contributed by atoms with Gasteiger partial charge in [0.15, 0.2) is 0 Å². The van der Waals surface area contributed by atoms with Crippen molar-refractivity contribution in [3.63, 3.8) is 0 Å². The first-order valence-corrected chi connectivity index (χ1v) is 8.90. The van der Waals surface area contributed by atoms with E-state index in [0.29, 0.717) is 22.1 Å². The summed E-state index contributed by atoms with van der Waals surface area (Å²) in [5, 5.41) is 7.42. The van der Waals surface area contributed by atoms with Crippen LogP contribution in [0.25, 0.3) is 4.96 Å². The lowest BCUT2D eigenvalue weighted by Crippen LogP contribution is -2.23. The summed E-state index contributed by atoms with van der Waals surface area (Å²) < 4.78 is 6.20. The molecule has 3 aromatic rings. The Kier molecular flexibility index (Phi) is 4.88. The Morgan fingerprint density at radius 1 is 1.27 bits per heavy atom. The minimum absolute atomic E-state index is 0.00726. The lowest BCUT2D eigenvalue weighted by atomic mass is 9.87. The number of carbonyl (C=O) groups excluding carboxylic acids is 1. The zero-order valence-corrected chi connectivity index (χ0v) is 15.9. The molecule has 1 N–H and O–H groups in total. The Balaban J connectivity index is 1.85. The zero-order valence-electron chi connectivity index (χ0n) is 15.1. The van der Waals surface area contributed by atoms with Crippen molar-refractivity contribution in [3.8, 4) is 0 Å². The average molecular weight is 372 g/mol. The van der Waals surface area contributed by atoms with Crippen LogP contribution < -0.4 is 10.9 Å². The number of fused-ring (bicyclic) bond motifs is 1. The van der Waals surface area contributed by atoms with E-state index in [1.54, 1.807) is 19.2 Å². The predicted octanol–water partition coefficient (Wildman–Crippen LogP) is 2.85. The van der Waals surface area contributed by atoms with Gasteiger partial charge >= 0.3 is 0 Å². The number of nitrogens with one attached hydrogen (secondary N) is 1. The molecule has 0 radical (unpaired) electrons. The van der Waals surface area contributed by atoms with Crippen molar-refractivity contribution in [1.29, 1.82) is 0 Å². The number of hydrogen-bond acceptors (Lipinski definition) is 6. The van der Waals surface area contributed by atoms with Crippen molar-refractivity contribution in [2.75, 3.05) is 12.4 Å². The monoisotopic (exact) mass is 372 g/mol. The molecule has 0 saturated heterocycles. The van der Waals surface area contributed by atoms with Crippen LogP contribution in [0.4, 0.5) is 5.69 Å². The third kappa shape index (κ3) is 3.66. The van der Waals surface area contributed by atoms with E-state index in [-0.39, 0.29) is 17.0 Å². The molecule has 0 aliphatic rings. The summed E-state index contributed by atoms with van der Waals surface area (Å²) in [4.78, 5) is 29.6. The second-order valence-electron chi connectivity index (χ2n) is 6.88. The lowest BCUT2D eigenvalue weighted by Gasteiger charge is -2.19. The highest BCUT2D eigenvalue weighted by Gasteiger charge is 2.16. The van der Waals surface area contributed by atoms with Gasteiger partial charge in [0.2, 0.25) is 4.96 Å². The van der Waals surface area contributed by atoms with Crippen molar-refractivity contribution in [2.24, 2.45) is 0 Å². The van der Waals surface area contributed by atoms with Crippen LogP contribution in [-0.4, -0.2) is 27.6 Å². The number of nitrogens with zero attached hydrogens (tertiary/aromatic N) is 3. The number of ether oxygens (including phenoxy) is 1. The molecule has 0 aliphatic heterocycles. The number of hydrogen-bond donors (Lipinski definition) is 1. The van der Waals surface area contributed by atoms with Crippen LogP contribution >= 0.6 is 11.3 Å². The molecule has 1 amide bonds. The Hall–Kier alpha value is -2.58. The first kappa shape index (κ1) is 18.2. The minimum atomic E-state index is -0.423. The molecule has 3 rings (SSSR count). The fourth-order valence-electron chi connectivity index (χ4n) is 2.41. The summed E-state index contributed by atoms with van der Waals surface area (Å²) in [6.07, 6.45) is 1.36. The molecule has 0 atom stereocenters. The number of carbonyl (C=O) groups is 1. The van der Waals surface area contributed by atoms with Crippen molar-refractivity contribution >= 4 is 27.9 Å². The van der Waals surface area contributed by atoms with Crippen LogP contribution in [0, 0.1) is 0 Å². The molecule has 2 heterocycles. The van der Waals surface area contributed by atoms with E-state index in [9.17, 15) is 9.59 Å². The number of benzene rings is 1. The Morgan fingerprint density at radius 3 is 2.58 bits per heavy atom. The van der Waals surface area contributed by atoms with Gasteiger partial charge in [-0.2, -0.15) is 9.61 Å². The Labute approximate surface area is 154 Å². The maximum absolute atomic E-state index is 12.5. The number of methoxy groups -OCH3 is 1. The van der Waals surface area contributed by atoms with E-state index in [0.717, 1.165) is 5.56 Å². The van der Waals surface area contributed by atoms with E-state index in [1.165, 1.54) is 22.0 Å². The average Bonchev–Trinajstić information content (AvgIpc) is 3.01. The van der Waals surface area contributed by atoms with Crippen molar-refractivity contribution in [1.82, 2.24) is 14.6 Å². The quantitative estimate of drug-likeness (QED) is 0.761. The summed E-state index contributed by atoms with van der Waals surface area (Å²) in [7, 11) is 1.55. The van der Waals surface area contributed by atoms with Crippen LogP contribution in [0.1, 0.15) is 41.7 Å². The zero-order chi connectivity index (χ0) is 18.9. The summed E-state index contributed by atoms with van der Waals surface area (Å²) >= 11 is 1.27. The van der Waals surface area contributed by atoms with Gasteiger partial charge in [0.1, 0.15) is 10.7 Å². The van der Waals surface area contributed by atoms with Gasteiger partial charge in [0.25, 0.3) is 11.5 Å². The Morgan fingerprint density at radius 2 is 1.96 bits per heavy atom. The Bertz CT molecular complexity index is 1000. The first-order chi connectivity index (χ1) is 12.3. The molecular weight excluding hydrogens is 352 g/mol. The first-order valence-electron chi connectivity index (χ1n) is 8.08. The van der Waals surface area contributed by atoms with E-state index >= 15 is 0 Å². The molecular formula is C18H20N4O3S. The van der Waals surface area contributed by atoms with Crippen LogP contribution in [0.5, 0.6) is 0 Å². The molecule has 0 aliphatic carbocycles. The molecule has 2 aromatic heterocycles. The minimum Gasteiger partial charge on any atom is -0.377 e. The summed E-state index contributed by atoms with van der Waals surface area (Å²) in [5.41, 5.74) is 1.27. The van der Waals surface area contributed by atoms with Gasteiger partial charge in [-0.15, -0.1) is 0 Å². The van der Waals surface area contributed by atoms with Gasteiger partial charge in [0, 0.05) is 12.7 Å². The number of anilines is 1. The second kappa shape index (κ2) is 6.97. The molecule has 7 nitrogen and oxygen atoms in total. The van der Waals surface area contributed by atoms with Gasteiger partial charge in [-0.3, -0.25) is 9.59 Å². The number of aromatic nitrogens is 3. The molecule has 136 valence electrons. The maximum Gasteiger partial charge on any atom is 0.298 e. The molecule has 0 saturated carbocycles. The standard InChI is InChI=1S/C18H20N4O3S/c1-18(2,3)12-7-5-11(6-8-12)15(23)20-13-9-19-17-22(16(13)24)21-14(26-17)10-25-4/h5-9H,10H2,1-4H3,(H,20,23). The summed E-state index contributed by atoms with van der Waals surface area (Å²) in [6, 6.07) is 7.33. The molecule has 0 unspecified atom stereocenters. The van der Waals surface area contributed by atoms with Crippen LogP contribution in [-0.2, 0) is 16.8 Å². The van der Waals surface area contributed by atoms with E-state index in [2.05, 4.69) is 36.2 Å². The number of rotatable bonds is 4. The highest BCUT2D eigenvalue weighted by atomic mass is 32.1. The van der Waals surface area contributed by atoms with E-state index in [1.807, 2.05) is 12.1 Å². The highest BCUT2D eigenvalue weighted by Crippen LogP contribution is 2.22. The topological polar surface area (TPSA) is 85.6 Å². The normalized spacial score (nSPS) is 11.7. The fraction of sp³-hybridized carbons (Fsp3) is 0.333. The highest BCUT2D eigenvalue weighted by molar-refractivity contribution is 7.16. The van der Waals surface area contributed by atoms with Gasteiger partial charge in [-0.25, -0.2) is 4.98 Å². The molecule has 8 heteroatoms. The predicted molar refractivity (Wildman–Crippen MR) is 101 cm³/mol. The summed E-state index contributed by atoms with van der Waals surface area (Å²) in [6.45, 7) is 6.62. The molecule has 0 bridgehead atoms. The molecule has 1 aromatic carbocycles. The van der Waals surface area contributed by atoms with Crippen LogP contribution in [0.3, 0.4) is 0 Å². The smallest absolute Gasteiger partial charge is 0.298 e. The molecule has 0 fully saturated rings. The third-order valence-corrected chi connectivity index (χ3v) is 4.75. The van der Waals surface area contributed by atoms with Crippen LogP contribution in [0.15, 0.2) is 35.3 Å². The van der Waals surface area contributed by atoms with Crippen molar-refractivity contribution in [2.45, 2.75) is 32.8 Å². The van der Waals surface area contributed by atoms with E-state index in [4.69, 9.17) is 4.74 Å². The largest absolute Gasteiger partial charge is 0.377 e. The maximum atomic E-state index is 12.5. The van der Waals surface area contributed by atoms with Gasteiger partial charge in [-0.05, 0) is 23.1 Å². The van der Waals surface area contributed by atoms with Crippen molar-refractivity contribution in [3.05, 3.63) is 57.0 Å². The molecule has 0 spiro atoms. The summed E-state index contributed by atoms with van der Waals surface area (Å²) in [5.74, 6) is -0.364.